The van der Waals surface area contributed by atoms with Gasteiger partial charge < -0.3 is 19.6 Å². The number of halogens is 1. The van der Waals surface area contributed by atoms with E-state index in [1.807, 2.05) is 31.0 Å². The molecule has 10 nitrogen and oxygen atoms in total. The largest absolute Gasteiger partial charge is 0.495 e. The summed E-state index contributed by atoms with van der Waals surface area (Å²) < 4.78 is 8.14. The van der Waals surface area contributed by atoms with Crippen LogP contribution in [0.2, 0.25) is 5.02 Å². The number of aliphatic hydroxyl groups is 1. The number of anilines is 1. The maximum atomic E-state index is 12.3. The standard InChI is InChI=1S/C31H42ClN7O3/c1-6-25(40)37-12-8-21(9-13-37)39-20(2)26(27-22-17-33-34-24(22)16-23(32)28(27)42-5)29(35-39)38-15-14-36(18-30(3,4)41)19-31(38)10-7-11-31/h6,16-17,21,41H,1,7-15,18-19H2,2-5H3,(H,33,34). The third-order valence-electron chi connectivity index (χ3n) is 9.42. The number of methoxy groups -OCH3 is 1. The maximum absolute atomic E-state index is 12.3. The lowest BCUT2D eigenvalue weighted by atomic mass is 9.73. The summed E-state index contributed by atoms with van der Waals surface area (Å²) in [5, 5.41) is 24.9. The average molecular weight is 596 g/mol. The first kappa shape index (κ1) is 29.0. The topological polar surface area (TPSA) is 103 Å². The predicted molar refractivity (Wildman–Crippen MR) is 165 cm³/mol. The molecule has 0 radical (unpaired) electrons. The van der Waals surface area contributed by atoms with Gasteiger partial charge in [0.1, 0.15) is 5.75 Å². The third-order valence-corrected chi connectivity index (χ3v) is 9.70. The number of fused-ring (bicyclic) bond motifs is 1. The van der Waals surface area contributed by atoms with Gasteiger partial charge in [-0.1, -0.05) is 18.2 Å². The smallest absolute Gasteiger partial charge is 0.245 e. The van der Waals surface area contributed by atoms with Gasteiger partial charge in [0, 0.05) is 55.9 Å². The van der Waals surface area contributed by atoms with E-state index in [-0.39, 0.29) is 17.5 Å². The molecule has 1 aromatic carbocycles. The Bertz CT molecular complexity index is 1490. The molecule has 4 heterocycles. The number of H-pyrrole nitrogens is 1. The number of piperazine rings is 1. The molecule has 2 aromatic heterocycles. The van der Waals surface area contributed by atoms with E-state index in [2.05, 4.69) is 38.2 Å². The van der Waals surface area contributed by atoms with Gasteiger partial charge in [0.25, 0.3) is 0 Å². The lowest BCUT2D eigenvalue weighted by Crippen LogP contribution is -2.67. The number of piperidine rings is 1. The molecule has 0 bridgehead atoms. The molecule has 2 N–H and O–H groups in total. The number of hydrogen-bond donors (Lipinski definition) is 2. The number of hydrogen-bond acceptors (Lipinski definition) is 7. The summed E-state index contributed by atoms with van der Waals surface area (Å²) in [5.74, 6) is 1.54. The minimum absolute atomic E-state index is 0.0196. The van der Waals surface area contributed by atoms with Gasteiger partial charge >= 0.3 is 0 Å². The summed E-state index contributed by atoms with van der Waals surface area (Å²) in [6.07, 6.45) is 8.20. The Kier molecular flexibility index (Phi) is 7.52. The van der Waals surface area contributed by atoms with Crippen molar-refractivity contribution in [3.8, 4) is 16.9 Å². The van der Waals surface area contributed by atoms with Crippen molar-refractivity contribution in [1.29, 1.82) is 0 Å². The van der Waals surface area contributed by atoms with Gasteiger partial charge in [-0.05, 0) is 65.0 Å². The lowest BCUT2D eigenvalue weighted by Gasteiger charge is -2.57. The number of nitrogens with zero attached hydrogens (tertiary/aromatic N) is 6. The first-order valence-electron chi connectivity index (χ1n) is 15.0. The van der Waals surface area contributed by atoms with Gasteiger partial charge in [-0.25, -0.2) is 0 Å². The first-order chi connectivity index (χ1) is 20.0. The van der Waals surface area contributed by atoms with E-state index in [0.717, 1.165) is 78.9 Å². The molecule has 1 amide bonds. The first-order valence-corrected chi connectivity index (χ1v) is 15.4. The minimum atomic E-state index is -0.751. The monoisotopic (exact) mass is 595 g/mol. The number of likely N-dealkylation sites (tertiary alicyclic amines) is 1. The molecular weight excluding hydrogens is 554 g/mol. The summed E-state index contributed by atoms with van der Waals surface area (Å²) in [5.41, 5.74) is 3.02. The highest BCUT2D eigenvalue weighted by Gasteiger charge is 2.49. The molecule has 3 aromatic rings. The number of β-amino-alcohol motifs (C(OH)–C–C–N with tert-alkyl or cyclic N) is 1. The Morgan fingerprint density at radius 3 is 2.62 bits per heavy atom. The number of rotatable bonds is 7. The fourth-order valence-corrected chi connectivity index (χ4v) is 7.65. The molecule has 2 saturated heterocycles. The van der Waals surface area contributed by atoms with E-state index in [4.69, 9.17) is 21.4 Å². The van der Waals surface area contributed by atoms with Crippen LogP contribution in [0, 0.1) is 6.92 Å². The molecular formula is C31H42ClN7O3. The Labute approximate surface area is 252 Å². The second-order valence-electron chi connectivity index (χ2n) is 12.8. The van der Waals surface area contributed by atoms with E-state index >= 15 is 0 Å². The highest BCUT2D eigenvalue weighted by atomic mass is 35.5. The Morgan fingerprint density at radius 1 is 1.26 bits per heavy atom. The van der Waals surface area contributed by atoms with E-state index in [0.29, 0.717) is 30.4 Å². The molecule has 226 valence electrons. The van der Waals surface area contributed by atoms with Crippen molar-refractivity contribution in [3.63, 3.8) is 0 Å². The fraction of sp³-hybridized carbons (Fsp3) is 0.581. The van der Waals surface area contributed by atoms with E-state index < -0.39 is 5.60 Å². The van der Waals surface area contributed by atoms with Crippen LogP contribution in [0.15, 0.2) is 24.9 Å². The van der Waals surface area contributed by atoms with Gasteiger partial charge in [-0.15, -0.1) is 0 Å². The van der Waals surface area contributed by atoms with Crippen molar-refractivity contribution in [2.24, 2.45) is 0 Å². The third kappa shape index (κ3) is 4.97. The molecule has 2 aliphatic heterocycles. The van der Waals surface area contributed by atoms with Crippen molar-refractivity contribution < 1.29 is 14.6 Å². The van der Waals surface area contributed by atoms with E-state index in [1.165, 1.54) is 12.5 Å². The number of aromatic nitrogens is 4. The summed E-state index contributed by atoms with van der Waals surface area (Å²) in [4.78, 5) is 19.1. The number of aromatic amines is 1. The van der Waals surface area contributed by atoms with E-state index in [1.54, 1.807) is 7.11 Å². The molecule has 1 aliphatic carbocycles. The van der Waals surface area contributed by atoms with Gasteiger partial charge in [-0.3, -0.25) is 19.5 Å². The Hall–Kier alpha value is -3.08. The molecule has 0 unspecified atom stereocenters. The SMILES string of the molecule is C=CC(=O)N1CCC(n2nc(N3CCN(CC(C)(C)O)CC34CCC4)c(-c3c(OC)c(Cl)cc4[nH]ncc34)c2C)CC1. The van der Waals surface area contributed by atoms with Crippen LogP contribution >= 0.6 is 11.6 Å². The summed E-state index contributed by atoms with van der Waals surface area (Å²) in [6, 6.07) is 2.02. The number of nitrogens with one attached hydrogen (secondary N) is 1. The molecule has 6 rings (SSSR count). The van der Waals surface area contributed by atoms with Crippen LogP contribution in [0.5, 0.6) is 5.75 Å². The van der Waals surface area contributed by atoms with Gasteiger partial charge in [0.15, 0.2) is 5.82 Å². The van der Waals surface area contributed by atoms with Gasteiger partial charge in [0.2, 0.25) is 5.91 Å². The van der Waals surface area contributed by atoms with Crippen LogP contribution in [0.4, 0.5) is 5.82 Å². The summed E-state index contributed by atoms with van der Waals surface area (Å²) in [7, 11) is 1.66. The zero-order valence-electron chi connectivity index (χ0n) is 25.1. The summed E-state index contributed by atoms with van der Waals surface area (Å²) in [6.45, 7) is 14.1. The van der Waals surface area contributed by atoms with Gasteiger partial charge in [-0.2, -0.15) is 10.2 Å². The normalized spacial score (nSPS) is 19.9. The van der Waals surface area contributed by atoms with Crippen molar-refractivity contribution >= 4 is 34.2 Å². The second kappa shape index (κ2) is 10.9. The van der Waals surface area contributed by atoms with Crippen molar-refractivity contribution in [2.75, 3.05) is 51.3 Å². The number of benzene rings is 1. The zero-order chi connectivity index (χ0) is 29.8. The fourth-order valence-electron chi connectivity index (χ4n) is 7.37. The lowest BCUT2D eigenvalue weighted by molar-refractivity contribution is -0.127. The number of ether oxygens (including phenoxy) is 1. The molecule has 1 spiro atoms. The van der Waals surface area contributed by atoms with Crippen LogP contribution in [-0.4, -0.2) is 98.3 Å². The molecule has 3 aliphatic rings. The van der Waals surface area contributed by atoms with Crippen molar-refractivity contribution in [1.82, 2.24) is 29.8 Å². The Balaban J connectivity index is 1.48. The van der Waals surface area contributed by atoms with Crippen molar-refractivity contribution in [2.45, 2.75) is 70.1 Å². The highest BCUT2D eigenvalue weighted by molar-refractivity contribution is 6.34. The zero-order valence-corrected chi connectivity index (χ0v) is 25.9. The Morgan fingerprint density at radius 2 is 2.00 bits per heavy atom. The minimum Gasteiger partial charge on any atom is -0.495 e. The van der Waals surface area contributed by atoms with Crippen LogP contribution < -0.4 is 9.64 Å². The second-order valence-corrected chi connectivity index (χ2v) is 13.2. The molecule has 11 heteroatoms. The molecule has 1 saturated carbocycles. The van der Waals surface area contributed by atoms with E-state index in [9.17, 15) is 9.90 Å². The molecule has 3 fully saturated rings. The highest BCUT2D eigenvalue weighted by Crippen LogP contribution is 2.51. The number of carbonyl (C=O) groups is 1. The predicted octanol–water partition coefficient (Wildman–Crippen LogP) is 4.56. The number of carbonyl (C=O) groups excluding carboxylic acids is 1. The van der Waals surface area contributed by atoms with Crippen LogP contribution in [0.1, 0.15) is 57.7 Å². The molecule has 42 heavy (non-hydrogen) atoms. The van der Waals surface area contributed by atoms with Crippen LogP contribution in [0.25, 0.3) is 22.0 Å². The molecule has 0 atom stereocenters. The van der Waals surface area contributed by atoms with Gasteiger partial charge in [0.05, 0.1) is 46.6 Å². The quantitative estimate of drug-likeness (QED) is 0.386. The van der Waals surface area contributed by atoms with Crippen LogP contribution in [0.3, 0.4) is 0 Å². The maximum Gasteiger partial charge on any atom is 0.245 e. The average Bonchev–Trinajstić information content (AvgIpc) is 3.54. The van der Waals surface area contributed by atoms with Crippen molar-refractivity contribution in [3.05, 3.63) is 35.6 Å². The number of amides is 1. The summed E-state index contributed by atoms with van der Waals surface area (Å²) >= 11 is 6.81. The van der Waals surface area contributed by atoms with Crippen LogP contribution in [-0.2, 0) is 4.79 Å².